The van der Waals surface area contributed by atoms with Crippen LogP contribution in [0.5, 0.6) is 0 Å². The molecule has 2 aromatic rings. The van der Waals surface area contributed by atoms with Gasteiger partial charge in [-0.05, 0) is 17.7 Å². The van der Waals surface area contributed by atoms with Gasteiger partial charge in [0.1, 0.15) is 0 Å². The maximum atomic E-state index is 11.6. The van der Waals surface area contributed by atoms with Gasteiger partial charge in [0.15, 0.2) is 11.1 Å². The Kier molecular flexibility index (Phi) is 5.49. The van der Waals surface area contributed by atoms with Crippen LogP contribution in [0, 0.1) is 0 Å². The Labute approximate surface area is 150 Å². The van der Waals surface area contributed by atoms with Gasteiger partial charge in [0, 0.05) is 37.8 Å². The Morgan fingerprint density at radius 3 is 2.84 bits per heavy atom. The summed E-state index contributed by atoms with van der Waals surface area (Å²) >= 11 is 1.65. The molecule has 132 valence electrons. The van der Waals surface area contributed by atoms with Crippen molar-refractivity contribution in [2.45, 2.75) is 6.54 Å². The van der Waals surface area contributed by atoms with E-state index in [4.69, 9.17) is 10.5 Å². The minimum Gasteiger partial charge on any atom is -0.465 e. The summed E-state index contributed by atoms with van der Waals surface area (Å²) in [5, 5.41) is 3.04. The Bertz CT molecular complexity index is 739. The van der Waals surface area contributed by atoms with Crippen molar-refractivity contribution in [1.29, 1.82) is 0 Å². The zero-order valence-corrected chi connectivity index (χ0v) is 14.9. The predicted octanol–water partition coefficient (Wildman–Crippen LogP) is 1.57. The maximum Gasteiger partial charge on any atom is 0.337 e. The highest BCUT2D eigenvalue weighted by Gasteiger charge is 2.19. The lowest BCUT2D eigenvalue weighted by atomic mass is 10.1. The molecule has 2 N–H and O–H groups in total. The predicted molar refractivity (Wildman–Crippen MR) is 99.0 cm³/mol. The smallest absolute Gasteiger partial charge is 0.337 e. The SMILES string of the molecule is COC(=O)c1cccc(CN=C(N)N2CCN(c3nccs3)CC2)c1. The third-order valence-corrected chi connectivity index (χ3v) is 4.90. The fourth-order valence-corrected chi connectivity index (χ4v) is 3.38. The van der Waals surface area contributed by atoms with Crippen molar-refractivity contribution in [3.63, 3.8) is 0 Å². The third-order valence-electron chi connectivity index (χ3n) is 4.07. The number of rotatable bonds is 4. The van der Waals surface area contributed by atoms with Crippen molar-refractivity contribution in [2.24, 2.45) is 10.7 Å². The van der Waals surface area contributed by atoms with E-state index in [1.807, 2.05) is 23.7 Å². The number of thiazole rings is 1. The average molecular weight is 359 g/mol. The maximum absolute atomic E-state index is 11.6. The Hall–Kier alpha value is -2.61. The lowest BCUT2D eigenvalue weighted by Gasteiger charge is -2.35. The number of hydrogen-bond acceptors (Lipinski definition) is 6. The number of carbonyl (C=O) groups excluding carboxylic acids is 1. The van der Waals surface area contributed by atoms with Gasteiger partial charge in [-0.1, -0.05) is 12.1 Å². The Morgan fingerprint density at radius 1 is 1.36 bits per heavy atom. The summed E-state index contributed by atoms with van der Waals surface area (Å²) < 4.78 is 4.74. The second kappa shape index (κ2) is 7.98. The van der Waals surface area contributed by atoms with Gasteiger partial charge in [-0.3, -0.25) is 0 Å². The fraction of sp³-hybridized carbons (Fsp3) is 0.353. The summed E-state index contributed by atoms with van der Waals surface area (Å²) in [7, 11) is 1.37. The van der Waals surface area contributed by atoms with E-state index in [0.29, 0.717) is 18.1 Å². The van der Waals surface area contributed by atoms with Crippen LogP contribution in [-0.2, 0) is 11.3 Å². The quantitative estimate of drug-likeness (QED) is 0.507. The summed E-state index contributed by atoms with van der Waals surface area (Å²) in [6.45, 7) is 3.82. The number of benzene rings is 1. The average Bonchev–Trinajstić information content (AvgIpc) is 3.20. The summed E-state index contributed by atoms with van der Waals surface area (Å²) in [6.07, 6.45) is 1.82. The van der Waals surface area contributed by atoms with E-state index in [-0.39, 0.29) is 5.97 Å². The number of aromatic nitrogens is 1. The minimum atomic E-state index is -0.350. The molecule has 1 saturated heterocycles. The van der Waals surface area contributed by atoms with Crippen molar-refractivity contribution in [3.8, 4) is 0 Å². The molecule has 2 heterocycles. The highest BCUT2D eigenvalue weighted by atomic mass is 32.1. The molecule has 1 aliphatic heterocycles. The van der Waals surface area contributed by atoms with Gasteiger partial charge in [0.2, 0.25) is 0 Å². The molecule has 0 amide bonds. The molecule has 8 heteroatoms. The highest BCUT2D eigenvalue weighted by Crippen LogP contribution is 2.18. The molecule has 0 saturated carbocycles. The molecule has 0 aliphatic carbocycles. The number of ether oxygens (including phenoxy) is 1. The monoisotopic (exact) mass is 359 g/mol. The zero-order chi connectivity index (χ0) is 17.6. The van der Waals surface area contributed by atoms with Gasteiger partial charge < -0.3 is 20.3 Å². The molecule has 0 atom stereocenters. The lowest BCUT2D eigenvalue weighted by Crippen LogP contribution is -2.51. The molecule has 0 radical (unpaired) electrons. The largest absolute Gasteiger partial charge is 0.465 e. The van der Waals surface area contributed by atoms with E-state index >= 15 is 0 Å². The second-order valence-electron chi connectivity index (χ2n) is 5.66. The molecule has 1 fully saturated rings. The Balaban J connectivity index is 1.57. The van der Waals surface area contributed by atoms with E-state index < -0.39 is 0 Å². The van der Waals surface area contributed by atoms with Crippen LogP contribution in [0.25, 0.3) is 0 Å². The number of anilines is 1. The van der Waals surface area contributed by atoms with Gasteiger partial charge >= 0.3 is 5.97 Å². The molecule has 0 spiro atoms. The van der Waals surface area contributed by atoms with E-state index in [1.54, 1.807) is 23.5 Å². The second-order valence-corrected chi connectivity index (χ2v) is 6.53. The van der Waals surface area contributed by atoms with Gasteiger partial charge in [0.05, 0.1) is 19.2 Å². The first kappa shape index (κ1) is 17.2. The minimum absolute atomic E-state index is 0.350. The van der Waals surface area contributed by atoms with Gasteiger partial charge in [-0.15, -0.1) is 11.3 Å². The molecule has 1 aromatic heterocycles. The van der Waals surface area contributed by atoms with Crippen LogP contribution < -0.4 is 10.6 Å². The zero-order valence-electron chi connectivity index (χ0n) is 14.1. The molecule has 0 unspecified atom stereocenters. The van der Waals surface area contributed by atoms with Crippen LogP contribution in [0.15, 0.2) is 40.8 Å². The fourth-order valence-electron chi connectivity index (χ4n) is 2.69. The van der Waals surface area contributed by atoms with Crippen LogP contribution in [0.1, 0.15) is 15.9 Å². The van der Waals surface area contributed by atoms with Crippen molar-refractivity contribution >= 4 is 28.4 Å². The summed E-state index contributed by atoms with van der Waals surface area (Å²) in [5.41, 5.74) is 7.58. The number of methoxy groups -OCH3 is 1. The van der Waals surface area contributed by atoms with Crippen LogP contribution in [0.4, 0.5) is 5.13 Å². The van der Waals surface area contributed by atoms with Gasteiger partial charge in [-0.25, -0.2) is 14.8 Å². The number of aliphatic imine (C=N–C) groups is 1. The van der Waals surface area contributed by atoms with Crippen molar-refractivity contribution in [2.75, 3.05) is 38.2 Å². The van der Waals surface area contributed by atoms with E-state index in [1.165, 1.54) is 7.11 Å². The number of carbonyl (C=O) groups is 1. The lowest BCUT2D eigenvalue weighted by molar-refractivity contribution is 0.0600. The topological polar surface area (TPSA) is 84.0 Å². The van der Waals surface area contributed by atoms with Crippen LogP contribution in [-0.4, -0.2) is 55.1 Å². The number of hydrogen-bond donors (Lipinski definition) is 1. The normalized spacial score (nSPS) is 15.3. The molecule has 7 nitrogen and oxygen atoms in total. The standard InChI is InChI=1S/C17H21N5O2S/c1-24-15(23)14-4-2-3-13(11-14)12-20-16(18)21-6-8-22(9-7-21)17-19-5-10-25-17/h2-5,10-11H,6-9,12H2,1H3,(H2,18,20). The number of esters is 1. The van der Waals surface area contributed by atoms with Crippen molar-refractivity contribution < 1.29 is 9.53 Å². The van der Waals surface area contributed by atoms with Gasteiger partial charge in [0.25, 0.3) is 0 Å². The number of nitrogens with two attached hydrogens (primary N) is 1. The number of piperazine rings is 1. The molecule has 1 aliphatic rings. The highest BCUT2D eigenvalue weighted by molar-refractivity contribution is 7.13. The first-order chi connectivity index (χ1) is 12.2. The van der Waals surface area contributed by atoms with E-state index in [2.05, 4.69) is 19.8 Å². The summed E-state index contributed by atoms with van der Waals surface area (Å²) in [6, 6.07) is 7.24. The molecule has 3 rings (SSSR count). The van der Waals surface area contributed by atoms with E-state index in [0.717, 1.165) is 36.9 Å². The molecular weight excluding hydrogens is 338 g/mol. The summed E-state index contributed by atoms with van der Waals surface area (Å²) in [5.74, 6) is 0.180. The number of nitrogens with zero attached hydrogens (tertiary/aromatic N) is 4. The Morgan fingerprint density at radius 2 is 2.16 bits per heavy atom. The third kappa shape index (κ3) is 4.27. The van der Waals surface area contributed by atoms with Crippen LogP contribution in [0.3, 0.4) is 0 Å². The molecule has 1 aromatic carbocycles. The number of guanidine groups is 1. The van der Waals surface area contributed by atoms with Crippen molar-refractivity contribution in [3.05, 3.63) is 47.0 Å². The molecule has 25 heavy (non-hydrogen) atoms. The molecular formula is C17H21N5O2S. The van der Waals surface area contributed by atoms with Crippen LogP contribution in [0.2, 0.25) is 0 Å². The van der Waals surface area contributed by atoms with Gasteiger partial charge in [-0.2, -0.15) is 0 Å². The first-order valence-corrected chi connectivity index (χ1v) is 8.92. The summed E-state index contributed by atoms with van der Waals surface area (Å²) in [4.78, 5) is 24.7. The van der Waals surface area contributed by atoms with Crippen LogP contribution >= 0.6 is 11.3 Å². The van der Waals surface area contributed by atoms with Crippen molar-refractivity contribution in [1.82, 2.24) is 9.88 Å². The molecule has 0 bridgehead atoms. The van der Waals surface area contributed by atoms with E-state index in [9.17, 15) is 4.79 Å². The first-order valence-electron chi connectivity index (χ1n) is 8.04.